The van der Waals surface area contributed by atoms with E-state index in [-0.39, 0.29) is 24.4 Å². The fraction of sp³-hybridized carbons (Fsp3) is 0.429. The van der Waals surface area contributed by atoms with Crippen LogP contribution in [0.4, 0.5) is 0 Å². The van der Waals surface area contributed by atoms with Crippen molar-refractivity contribution >= 4 is 11.9 Å². The zero-order valence-corrected chi connectivity index (χ0v) is 10.4. The number of nitrogens with one attached hydrogen (secondary N) is 1. The summed E-state index contributed by atoms with van der Waals surface area (Å²) in [6, 6.07) is 9.03. The maximum absolute atomic E-state index is 11.9. The van der Waals surface area contributed by atoms with Crippen LogP contribution in [0.25, 0.3) is 0 Å². The van der Waals surface area contributed by atoms with Gasteiger partial charge in [-0.25, -0.2) is 4.79 Å². The molecule has 4 nitrogen and oxygen atoms in total. The van der Waals surface area contributed by atoms with Gasteiger partial charge in [0, 0.05) is 6.42 Å². The summed E-state index contributed by atoms with van der Waals surface area (Å²) in [5.41, 5.74) is 0.947. The number of ether oxygens (including phenoxy) is 1. The second kappa shape index (κ2) is 5.67. The van der Waals surface area contributed by atoms with Gasteiger partial charge in [0.1, 0.15) is 12.6 Å². The van der Waals surface area contributed by atoms with E-state index in [1.165, 1.54) is 0 Å². The van der Waals surface area contributed by atoms with Crippen molar-refractivity contribution in [2.24, 2.45) is 5.92 Å². The highest BCUT2D eigenvalue weighted by Crippen LogP contribution is 2.21. The van der Waals surface area contributed by atoms with E-state index < -0.39 is 6.04 Å². The first-order chi connectivity index (χ1) is 8.70. The lowest BCUT2D eigenvalue weighted by atomic mass is 9.98. The summed E-state index contributed by atoms with van der Waals surface area (Å²) in [5.74, 6) is -0.346. The molecule has 1 aliphatic rings. The van der Waals surface area contributed by atoms with Crippen molar-refractivity contribution < 1.29 is 14.3 Å². The third-order valence-electron chi connectivity index (χ3n) is 3.24. The van der Waals surface area contributed by atoms with Gasteiger partial charge in [0.25, 0.3) is 0 Å². The molecule has 1 amide bonds. The summed E-state index contributed by atoms with van der Waals surface area (Å²) in [5, 5.41) is 2.68. The molecule has 0 spiro atoms. The minimum atomic E-state index is -0.480. The summed E-state index contributed by atoms with van der Waals surface area (Å²) in [6.45, 7) is 2.23. The van der Waals surface area contributed by atoms with Gasteiger partial charge in [-0.3, -0.25) is 4.79 Å². The number of amides is 1. The molecule has 96 valence electrons. The molecule has 0 radical (unpaired) electrons. The molecule has 0 unspecified atom stereocenters. The van der Waals surface area contributed by atoms with E-state index in [9.17, 15) is 9.59 Å². The van der Waals surface area contributed by atoms with Gasteiger partial charge < -0.3 is 10.1 Å². The Hall–Kier alpha value is -1.84. The predicted octanol–water partition coefficient (Wildman–Crippen LogP) is 1.64. The van der Waals surface area contributed by atoms with E-state index in [1.54, 1.807) is 0 Å². The van der Waals surface area contributed by atoms with E-state index in [1.807, 2.05) is 37.3 Å². The minimum Gasteiger partial charge on any atom is -0.459 e. The highest BCUT2D eigenvalue weighted by molar-refractivity contribution is 5.88. The van der Waals surface area contributed by atoms with Crippen molar-refractivity contribution in [2.75, 3.05) is 0 Å². The normalized spacial score (nSPS) is 22.6. The minimum absolute atomic E-state index is 0.0563. The molecule has 2 atom stereocenters. The van der Waals surface area contributed by atoms with Gasteiger partial charge in [-0.05, 0) is 11.5 Å². The van der Waals surface area contributed by atoms with E-state index in [2.05, 4.69) is 5.32 Å². The Morgan fingerprint density at radius 2 is 2.11 bits per heavy atom. The van der Waals surface area contributed by atoms with Gasteiger partial charge in [0.05, 0.1) is 0 Å². The zero-order chi connectivity index (χ0) is 13.0. The van der Waals surface area contributed by atoms with Crippen molar-refractivity contribution in [3.63, 3.8) is 0 Å². The molecule has 1 aliphatic heterocycles. The third-order valence-corrected chi connectivity index (χ3v) is 3.24. The van der Waals surface area contributed by atoms with Crippen molar-refractivity contribution in [1.29, 1.82) is 0 Å². The Morgan fingerprint density at radius 3 is 2.78 bits per heavy atom. The summed E-state index contributed by atoms with van der Waals surface area (Å²) in [6.07, 6.45) is 1.21. The Bertz CT molecular complexity index is 430. The van der Waals surface area contributed by atoms with Crippen LogP contribution in [-0.2, 0) is 20.9 Å². The van der Waals surface area contributed by atoms with Crippen molar-refractivity contribution in [1.82, 2.24) is 5.32 Å². The molecular formula is C14H17NO3. The SMILES string of the molecule is CC[C@H]1CC(=O)N[C@H]1C(=O)OCc1ccccc1. The quantitative estimate of drug-likeness (QED) is 0.823. The number of carbonyl (C=O) groups is 2. The van der Waals surface area contributed by atoms with Crippen LogP contribution >= 0.6 is 0 Å². The molecular weight excluding hydrogens is 230 g/mol. The molecule has 1 heterocycles. The molecule has 0 aromatic heterocycles. The number of carbonyl (C=O) groups excluding carboxylic acids is 2. The fourth-order valence-corrected chi connectivity index (χ4v) is 2.16. The molecule has 1 saturated heterocycles. The van der Waals surface area contributed by atoms with Gasteiger partial charge in [0.15, 0.2) is 0 Å². The van der Waals surface area contributed by atoms with Gasteiger partial charge in [0.2, 0.25) is 5.91 Å². The van der Waals surface area contributed by atoms with Crippen molar-refractivity contribution in [3.8, 4) is 0 Å². The van der Waals surface area contributed by atoms with Crippen LogP contribution in [0.2, 0.25) is 0 Å². The van der Waals surface area contributed by atoms with Crippen LogP contribution in [0, 0.1) is 5.92 Å². The lowest BCUT2D eigenvalue weighted by Gasteiger charge is -2.15. The summed E-state index contributed by atoms with van der Waals surface area (Å²) in [4.78, 5) is 23.2. The van der Waals surface area contributed by atoms with E-state index in [4.69, 9.17) is 4.74 Å². The van der Waals surface area contributed by atoms with E-state index >= 15 is 0 Å². The van der Waals surface area contributed by atoms with Crippen LogP contribution in [-0.4, -0.2) is 17.9 Å². The first-order valence-corrected chi connectivity index (χ1v) is 6.20. The first-order valence-electron chi connectivity index (χ1n) is 6.20. The molecule has 1 aromatic carbocycles. The van der Waals surface area contributed by atoms with Gasteiger partial charge in [-0.2, -0.15) is 0 Å². The number of hydrogen-bond donors (Lipinski definition) is 1. The van der Waals surface area contributed by atoms with Gasteiger partial charge >= 0.3 is 5.97 Å². The number of hydrogen-bond acceptors (Lipinski definition) is 3. The average molecular weight is 247 g/mol. The Morgan fingerprint density at radius 1 is 1.39 bits per heavy atom. The summed E-state index contributed by atoms with van der Waals surface area (Å²) in [7, 11) is 0. The Balaban J connectivity index is 1.90. The maximum atomic E-state index is 11.9. The highest BCUT2D eigenvalue weighted by atomic mass is 16.5. The Kier molecular flexibility index (Phi) is 3.97. The summed E-state index contributed by atoms with van der Waals surface area (Å²) >= 11 is 0. The zero-order valence-electron chi connectivity index (χ0n) is 10.4. The molecule has 4 heteroatoms. The largest absolute Gasteiger partial charge is 0.459 e. The maximum Gasteiger partial charge on any atom is 0.329 e. The van der Waals surface area contributed by atoms with Crippen LogP contribution in [0.1, 0.15) is 25.3 Å². The van der Waals surface area contributed by atoms with Crippen molar-refractivity contribution in [3.05, 3.63) is 35.9 Å². The molecule has 1 N–H and O–H groups in total. The standard InChI is InChI=1S/C14H17NO3/c1-2-11-8-12(16)15-13(11)14(17)18-9-10-6-4-3-5-7-10/h3-7,11,13H,2,8-9H2,1H3,(H,15,16)/t11-,13+/m0/s1. The van der Waals surface area contributed by atoms with E-state index in [0.29, 0.717) is 6.42 Å². The van der Waals surface area contributed by atoms with Crippen molar-refractivity contribution in [2.45, 2.75) is 32.4 Å². The van der Waals surface area contributed by atoms with Crippen LogP contribution in [0.15, 0.2) is 30.3 Å². The monoisotopic (exact) mass is 247 g/mol. The lowest BCUT2D eigenvalue weighted by molar-refractivity contribution is -0.148. The summed E-state index contributed by atoms with van der Waals surface area (Å²) < 4.78 is 5.24. The molecule has 1 aromatic rings. The second-order valence-corrected chi connectivity index (χ2v) is 4.51. The first kappa shape index (κ1) is 12.6. The van der Waals surface area contributed by atoms with Crippen LogP contribution < -0.4 is 5.32 Å². The Labute approximate surface area is 106 Å². The topological polar surface area (TPSA) is 55.4 Å². The van der Waals surface area contributed by atoms with Crippen LogP contribution in [0.3, 0.4) is 0 Å². The van der Waals surface area contributed by atoms with Gasteiger partial charge in [-0.15, -0.1) is 0 Å². The number of esters is 1. The lowest BCUT2D eigenvalue weighted by Crippen LogP contribution is -2.38. The second-order valence-electron chi connectivity index (χ2n) is 4.51. The third kappa shape index (κ3) is 2.88. The molecule has 2 rings (SSSR count). The number of rotatable bonds is 4. The predicted molar refractivity (Wildman–Crippen MR) is 66.6 cm³/mol. The fourth-order valence-electron chi connectivity index (χ4n) is 2.16. The molecule has 0 saturated carbocycles. The molecule has 18 heavy (non-hydrogen) atoms. The average Bonchev–Trinajstić information content (AvgIpc) is 2.78. The van der Waals surface area contributed by atoms with E-state index in [0.717, 1.165) is 12.0 Å². The smallest absolute Gasteiger partial charge is 0.329 e. The molecule has 0 aliphatic carbocycles. The number of benzene rings is 1. The van der Waals surface area contributed by atoms with Crippen LogP contribution in [0.5, 0.6) is 0 Å². The van der Waals surface area contributed by atoms with Gasteiger partial charge in [-0.1, -0.05) is 43.7 Å². The molecule has 0 bridgehead atoms. The highest BCUT2D eigenvalue weighted by Gasteiger charge is 2.37. The molecule has 1 fully saturated rings.